The van der Waals surface area contributed by atoms with E-state index in [0.717, 1.165) is 12.1 Å². The van der Waals surface area contributed by atoms with E-state index in [-0.39, 0.29) is 5.69 Å². The number of carbonyl (C=O) groups excluding carboxylic acids is 1. The van der Waals surface area contributed by atoms with Gasteiger partial charge in [0.1, 0.15) is 22.2 Å². The third-order valence-corrected chi connectivity index (χ3v) is 4.30. The quantitative estimate of drug-likeness (QED) is 0.684. The van der Waals surface area contributed by atoms with Crippen LogP contribution in [0.3, 0.4) is 0 Å². The van der Waals surface area contributed by atoms with Crippen LogP contribution in [-0.2, 0) is 11.2 Å². The van der Waals surface area contributed by atoms with Gasteiger partial charge in [-0.05, 0) is 19.4 Å². The Morgan fingerprint density at radius 2 is 2.23 bits per heavy atom. The number of carbonyl (C=O) groups is 1. The molecule has 0 bridgehead atoms. The van der Waals surface area contributed by atoms with Gasteiger partial charge in [-0.25, -0.2) is 19.7 Å². The SMILES string of the molecule is CCOC(=O)c1ncn2c(CC)cc(-c3nc(Cl)cs3)nc12. The summed E-state index contributed by atoms with van der Waals surface area (Å²) in [6, 6.07) is 1.93. The Balaban J connectivity index is 2.19. The van der Waals surface area contributed by atoms with Gasteiger partial charge in [-0.3, -0.25) is 4.40 Å². The first-order valence-electron chi connectivity index (χ1n) is 6.79. The summed E-state index contributed by atoms with van der Waals surface area (Å²) < 4.78 is 6.83. The summed E-state index contributed by atoms with van der Waals surface area (Å²) in [4.78, 5) is 24.9. The first-order chi connectivity index (χ1) is 10.6. The third kappa shape index (κ3) is 2.57. The molecule has 0 radical (unpaired) electrons. The van der Waals surface area contributed by atoms with Crippen LogP contribution in [0.5, 0.6) is 0 Å². The minimum atomic E-state index is -0.478. The Labute approximate surface area is 135 Å². The molecule has 3 aromatic rings. The first kappa shape index (κ1) is 14.9. The van der Waals surface area contributed by atoms with E-state index in [2.05, 4.69) is 15.0 Å². The smallest absolute Gasteiger partial charge is 0.360 e. The Bertz CT molecular complexity index is 843. The second-order valence-electron chi connectivity index (χ2n) is 4.47. The van der Waals surface area contributed by atoms with Gasteiger partial charge in [0, 0.05) is 11.1 Å². The molecule has 0 saturated carbocycles. The maximum atomic E-state index is 12.0. The van der Waals surface area contributed by atoms with Crippen molar-refractivity contribution >= 4 is 34.6 Å². The Kier molecular flexibility index (Phi) is 4.08. The number of imidazole rings is 1. The molecule has 0 spiro atoms. The summed E-state index contributed by atoms with van der Waals surface area (Å²) in [5.41, 5.74) is 2.34. The molecule has 6 nitrogen and oxygen atoms in total. The van der Waals surface area contributed by atoms with Gasteiger partial charge in [0.25, 0.3) is 0 Å². The summed E-state index contributed by atoms with van der Waals surface area (Å²) in [6.07, 6.45) is 2.36. The number of nitrogens with zero attached hydrogens (tertiary/aromatic N) is 4. The molecule has 0 N–H and O–H groups in total. The summed E-state index contributed by atoms with van der Waals surface area (Å²) in [5.74, 6) is -0.478. The van der Waals surface area contributed by atoms with Gasteiger partial charge >= 0.3 is 5.97 Å². The van der Waals surface area contributed by atoms with Crippen LogP contribution in [0.1, 0.15) is 30.0 Å². The molecule has 114 valence electrons. The molecule has 0 aliphatic carbocycles. The Hall–Kier alpha value is -1.99. The lowest BCUT2D eigenvalue weighted by Crippen LogP contribution is -2.07. The fourth-order valence-corrected chi connectivity index (χ4v) is 3.04. The number of halogens is 1. The lowest BCUT2D eigenvalue weighted by molar-refractivity contribution is 0.0522. The highest BCUT2D eigenvalue weighted by molar-refractivity contribution is 7.13. The summed E-state index contributed by atoms with van der Waals surface area (Å²) >= 11 is 7.29. The van der Waals surface area contributed by atoms with Crippen LogP contribution in [0, 0.1) is 0 Å². The third-order valence-electron chi connectivity index (χ3n) is 3.11. The monoisotopic (exact) mass is 336 g/mol. The fraction of sp³-hybridized carbons (Fsp3) is 0.286. The van der Waals surface area contributed by atoms with Crippen molar-refractivity contribution in [1.82, 2.24) is 19.4 Å². The number of rotatable bonds is 4. The summed E-state index contributed by atoms with van der Waals surface area (Å²) in [6.45, 7) is 4.07. The first-order valence-corrected chi connectivity index (χ1v) is 8.05. The summed E-state index contributed by atoms with van der Waals surface area (Å²) in [7, 11) is 0. The zero-order valence-corrected chi connectivity index (χ0v) is 13.6. The number of esters is 1. The molecular weight excluding hydrogens is 324 g/mol. The maximum Gasteiger partial charge on any atom is 0.360 e. The second kappa shape index (κ2) is 6.02. The zero-order valence-electron chi connectivity index (χ0n) is 12.0. The van der Waals surface area contributed by atoms with Crippen molar-refractivity contribution in [1.29, 1.82) is 0 Å². The largest absolute Gasteiger partial charge is 0.461 e. The standard InChI is InChI=1S/C14H13ClN4O2S/c1-3-8-5-9(13-18-10(15)6-22-13)17-12-11(14(20)21-4-2)16-7-19(8)12/h5-7H,3-4H2,1-2H3. The van der Waals surface area contributed by atoms with Crippen LogP contribution in [0.4, 0.5) is 0 Å². The molecule has 0 atom stereocenters. The van der Waals surface area contributed by atoms with Gasteiger partial charge in [0.05, 0.1) is 6.61 Å². The number of aryl methyl sites for hydroxylation is 1. The Morgan fingerprint density at radius 3 is 2.86 bits per heavy atom. The zero-order chi connectivity index (χ0) is 15.7. The van der Waals surface area contributed by atoms with Crippen LogP contribution >= 0.6 is 22.9 Å². The van der Waals surface area contributed by atoms with E-state index in [9.17, 15) is 4.79 Å². The number of thiazole rings is 1. The number of hydrogen-bond acceptors (Lipinski definition) is 6. The lowest BCUT2D eigenvalue weighted by Gasteiger charge is -2.06. The fourth-order valence-electron chi connectivity index (χ4n) is 2.13. The number of fused-ring (bicyclic) bond motifs is 1. The molecule has 0 amide bonds. The Morgan fingerprint density at radius 1 is 1.41 bits per heavy atom. The normalized spacial score (nSPS) is 11.0. The molecule has 0 saturated heterocycles. The van der Waals surface area contributed by atoms with Crippen molar-refractivity contribution in [2.75, 3.05) is 6.61 Å². The molecule has 0 unspecified atom stereocenters. The molecule has 3 aromatic heterocycles. The molecule has 3 heterocycles. The predicted molar refractivity (Wildman–Crippen MR) is 84.4 cm³/mol. The van der Waals surface area contributed by atoms with Gasteiger partial charge in [-0.1, -0.05) is 18.5 Å². The van der Waals surface area contributed by atoms with E-state index in [1.807, 2.05) is 13.0 Å². The van der Waals surface area contributed by atoms with Crippen LogP contribution in [0.25, 0.3) is 16.3 Å². The number of ether oxygens (including phenoxy) is 1. The van der Waals surface area contributed by atoms with Crippen molar-refractivity contribution in [2.45, 2.75) is 20.3 Å². The van der Waals surface area contributed by atoms with Gasteiger partial charge < -0.3 is 4.74 Å². The summed E-state index contributed by atoms with van der Waals surface area (Å²) in [5, 5.41) is 2.88. The molecule has 0 fully saturated rings. The molecular formula is C14H13ClN4O2S. The average Bonchev–Trinajstić information content (AvgIpc) is 3.12. The maximum absolute atomic E-state index is 12.0. The van der Waals surface area contributed by atoms with E-state index >= 15 is 0 Å². The van der Waals surface area contributed by atoms with Crippen LogP contribution in [0.2, 0.25) is 5.15 Å². The van der Waals surface area contributed by atoms with E-state index < -0.39 is 5.97 Å². The van der Waals surface area contributed by atoms with Gasteiger partial charge in [-0.15, -0.1) is 11.3 Å². The van der Waals surface area contributed by atoms with Gasteiger partial charge in [0.15, 0.2) is 11.3 Å². The van der Waals surface area contributed by atoms with E-state index in [4.69, 9.17) is 16.3 Å². The highest BCUT2D eigenvalue weighted by atomic mass is 35.5. The lowest BCUT2D eigenvalue weighted by atomic mass is 10.2. The second-order valence-corrected chi connectivity index (χ2v) is 5.71. The molecule has 0 aliphatic rings. The van der Waals surface area contributed by atoms with Crippen molar-refractivity contribution in [3.05, 3.63) is 34.3 Å². The van der Waals surface area contributed by atoms with Crippen molar-refractivity contribution in [3.63, 3.8) is 0 Å². The molecule has 0 aliphatic heterocycles. The van der Waals surface area contributed by atoms with Crippen molar-refractivity contribution in [2.24, 2.45) is 0 Å². The minimum Gasteiger partial charge on any atom is -0.461 e. The average molecular weight is 337 g/mol. The van der Waals surface area contributed by atoms with Crippen molar-refractivity contribution < 1.29 is 9.53 Å². The van der Waals surface area contributed by atoms with Gasteiger partial charge in [0.2, 0.25) is 0 Å². The highest BCUT2D eigenvalue weighted by Gasteiger charge is 2.19. The number of aromatic nitrogens is 4. The predicted octanol–water partition coefficient (Wildman–Crippen LogP) is 3.25. The number of hydrogen-bond donors (Lipinski definition) is 0. The van der Waals surface area contributed by atoms with E-state index in [0.29, 0.717) is 28.1 Å². The molecule has 22 heavy (non-hydrogen) atoms. The topological polar surface area (TPSA) is 69.4 Å². The van der Waals surface area contributed by atoms with Crippen LogP contribution in [0.15, 0.2) is 17.8 Å². The van der Waals surface area contributed by atoms with Gasteiger partial charge in [-0.2, -0.15) is 0 Å². The molecule has 8 heteroatoms. The highest BCUT2D eigenvalue weighted by Crippen LogP contribution is 2.26. The van der Waals surface area contributed by atoms with E-state index in [1.165, 1.54) is 11.3 Å². The molecule has 3 rings (SSSR count). The van der Waals surface area contributed by atoms with E-state index in [1.54, 1.807) is 23.0 Å². The molecule has 0 aromatic carbocycles. The van der Waals surface area contributed by atoms with Crippen LogP contribution in [-0.4, -0.2) is 31.9 Å². The van der Waals surface area contributed by atoms with Crippen molar-refractivity contribution in [3.8, 4) is 10.7 Å². The van der Waals surface area contributed by atoms with Crippen LogP contribution < -0.4 is 0 Å². The minimum absolute atomic E-state index is 0.209.